The third kappa shape index (κ3) is 5.39. The fraction of sp³-hybridized carbons (Fsp3) is 0.529. The third-order valence-electron chi connectivity index (χ3n) is 3.20. The Morgan fingerprint density at radius 2 is 1.73 bits per heavy atom. The molecule has 22 heavy (non-hydrogen) atoms. The molecule has 122 valence electrons. The Morgan fingerprint density at radius 1 is 1.18 bits per heavy atom. The first-order valence-electron chi connectivity index (χ1n) is 7.44. The van der Waals surface area contributed by atoms with Crippen LogP contribution < -0.4 is 10.1 Å². The Hall–Kier alpha value is -2.04. The summed E-state index contributed by atoms with van der Waals surface area (Å²) in [6.07, 6.45) is 0. The van der Waals surface area contributed by atoms with Gasteiger partial charge in [0.25, 0.3) is 5.91 Å². The fourth-order valence-corrected chi connectivity index (χ4v) is 2.31. The molecule has 0 aromatic heterocycles. The molecule has 0 unspecified atom stereocenters. The summed E-state index contributed by atoms with van der Waals surface area (Å²) in [7, 11) is 1.60. The molecule has 0 saturated heterocycles. The highest BCUT2D eigenvalue weighted by molar-refractivity contribution is 5.85. The van der Waals surface area contributed by atoms with Gasteiger partial charge in [-0.05, 0) is 45.7 Å². The van der Waals surface area contributed by atoms with E-state index in [1.807, 2.05) is 46.8 Å². The number of carbonyl (C=O) groups excluding carboxylic acids is 2. The maximum Gasteiger partial charge on any atom is 0.260 e. The molecule has 0 saturated carbocycles. The van der Waals surface area contributed by atoms with Crippen LogP contribution in [0.15, 0.2) is 12.1 Å². The largest absolute Gasteiger partial charge is 0.483 e. The first-order chi connectivity index (χ1) is 10.2. The number of ether oxygens (including phenoxy) is 1. The van der Waals surface area contributed by atoms with Gasteiger partial charge in [0.15, 0.2) is 6.61 Å². The molecule has 0 fully saturated rings. The van der Waals surface area contributed by atoms with Crippen molar-refractivity contribution in [2.45, 2.75) is 40.7 Å². The van der Waals surface area contributed by atoms with E-state index in [2.05, 4.69) is 5.32 Å². The topological polar surface area (TPSA) is 58.6 Å². The zero-order valence-corrected chi connectivity index (χ0v) is 14.3. The Kier molecular flexibility index (Phi) is 6.40. The van der Waals surface area contributed by atoms with Crippen LogP contribution >= 0.6 is 0 Å². The first-order valence-corrected chi connectivity index (χ1v) is 7.44. The van der Waals surface area contributed by atoms with Gasteiger partial charge in [0.2, 0.25) is 5.91 Å². The monoisotopic (exact) mass is 306 g/mol. The molecular formula is C17H26N2O3. The average molecular weight is 306 g/mol. The SMILES string of the molecule is Cc1cc(C)c(OCC(=O)N(C)CC(=O)NC(C)C)c(C)c1. The Morgan fingerprint density at radius 3 is 2.23 bits per heavy atom. The van der Waals surface area contributed by atoms with Crippen molar-refractivity contribution in [2.24, 2.45) is 0 Å². The van der Waals surface area contributed by atoms with Crippen LogP contribution in [0.4, 0.5) is 0 Å². The molecule has 1 rings (SSSR count). The predicted octanol–water partition coefficient (Wildman–Crippen LogP) is 1.97. The van der Waals surface area contributed by atoms with Crippen molar-refractivity contribution in [3.8, 4) is 5.75 Å². The van der Waals surface area contributed by atoms with E-state index in [0.717, 1.165) is 22.4 Å². The summed E-state index contributed by atoms with van der Waals surface area (Å²) in [5.74, 6) is 0.339. The summed E-state index contributed by atoms with van der Waals surface area (Å²) in [6.45, 7) is 9.66. The minimum absolute atomic E-state index is 0.0340. The summed E-state index contributed by atoms with van der Waals surface area (Å²) in [4.78, 5) is 25.1. The lowest BCUT2D eigenvalue weighted by Gasteiger charge is -2.19. The van der Waals surface area contributed by atoms with E-state index < -0.39 is 0 Å². The average Bonchev–Trinajstić information content (AvgIpc) is 2.35. The summed E-state index contributed by atoms with van der Waals surface area (Å²) in [5.41, 5.74) is 3.17. The minimum atomic E-state index is -0.224. The number of carbonyl (C=O) groups is 2. The van der Waals surface area contributed by atoms with Crippen molar-refractivity contribution in [1.29, 1.82) is 0 Å². The molecule has 1 aromatic carbocycles. The number of nitrogens with one attached hydrogen (secondary N) is 1. The molecule has 0 spiro atoms. The molecular weight excluding hydrogens is 280 g/mol. The summed E-state index contributed by atoms with van der Waals surface area (Å²) in [6, 6.07) is 4.10. The van der Waals surface area contributed by atoms with Gasteiger partial charge >= 0.3 is 0 Å². The van der Waals surface area contributed by atoms with Gasteiger partial charge in [0.05, 0.1) is 6.54 Å². The molecule has 1 N–H and O–H groups in total. The van der Waals surface area contributed by atoms with Crippen LogP contribution in [0.1, 0.15) is 30.5 Å². The zero-order valence-electron chi connectivity index (χ0n) is 14.3. The molecule has 0 aliphatic carbocycles. The van der Waals surface area contributed by atoms with E-state index in [4.69, 9.17) is 4.74 Å². The maximum absolute atomic E-state index is 12.0. The molecule has 0 bridgehead atoms. The number of amides is 2. The lowest BCUT2D eigenvalue weighted by atomic mass is 10.1. The lowest BCUT2D eigenvalue weighted by Crippen LogP contribution is -2.42. The minimum Gasteiger partial charge on any atom is -0.483 e. The Bertz CT molecular complexity index is 530. The molecule has 2 amide bonds. The van der Waals surface area contributed by atoms with Gasteiger partial charge in [-0.25, -0.2) is 0 Å². The van der Waals surface area contributed by atoms with E-state index in [1.165, 1.54) is 4.90 Å². The van der Waals surface area contributed by atoms with Crippen molar-refractivity contribution >= 4 is 11.8 Å². The molecule has 0 aliphatic rings. The second-order valence-electron chi connectivity index (χ2n) is 5.99. The highest BCUT2D eigenvalue weighted by atomic mass is 16.5. The van der Waals surface area contributed by atoms with Gasteiger partial charge in [0, 0.05) is 13.1 Å². The Labute approximate surface area is 132 Å². The molecule has 5 nitrogen and oxygen atoms in total. The van der Waals surface area contributed by atoms with Gasteiger partial charge in [-0.1, -0.05) is 17.7 Å². The van der Waals surface area contributed by atoms with Gasteiger partial charge in [-0.3, -0.25) is 9.59 Å². The predicted molar refractivity (Wildman–Crippen MR) is 87.1 cm³/mol. The second-order valence-corrected chi connectivity index (χ2v) is 5.99. The lowest BCUT2D eigenvalue weighted by molar-refractivity contribution is -0.136. The first kappa shape index (κ1) is 18.0. The van der Waals surface area contributed by atoms with Gasteiger partial charge in [-0.2, -0.15) is 0 Å². The summed E-state index contributed by atoms with van der Waals surface area (Å²) < 4.78 is 5.65. The highest BCUT2D eigenvalue weighted by Gasteiger charge is 2.15. The molecule has 0 radical (unpaired) electrons. The number of likely N-dealkylation sites (N-methyl/N-ethyl adjacent to an activating group) is 1. The number of hydrogen-bond acceptors (Lipinski definition) is 3. The van der Waals surface area contributed by atoms with Crippen LogP contribution in [0.2, 0.25) is 0 Å². The van der Waals surface area contributed by atoms with E-state index in [1.54, 1.807) is 7.05 Å². The smallest absolute Gasteiger partial charge is 0.260 e. The normalized spacial score (nSPS) is 10.5. The molecule has 0 atom stereocenters. The molecule has 0 heterocycles. The van der Waals surface area contributed by atoms with Crippen molar-refractivity contribution in [1.82, 2.24) is 10.2 Å². The van der Waals surface area contributed by atoms with Gasteiger partial charge in [-0.15, -0.1) is 0 Å². The summed E-state index contributed by atoms with van der Waals surface area (Å²) in [5, 5.41) is 2.75. The van der Waals surface area contributed by atoms with Crippen LogP contribution in [0.25, 0.3) is 0 Å². The van der Waals surface area contributed by atoms with Crippen LogP contribution in [0.3, 0.4) is 0 Å². The fourth-order valence-electron chi connectivity index (χ4n) is 2.31. The van der Waals surface area contributed by atoms with Crippen LogP contribution in [-0.4, -0.2) is 43.0 Å². The van der Waals surface area contributed by atoms with Gasteiger partial charge < -0.3 is 15.0 Å². The quantitative estimate of drug-likeness (QED) is 0.874. The molecule has 0 aliphatic heterocycles. The van der Waals surface area contributed by atoms with Crippen molar-refractivity contribution in [3.63, 3.8) is 0 Å². The second kappa shape index (κ2) is 7.82. The number of nitrogens with zero attached hydrogens (tertiary/aromatic N) is 1. The number of hydrogen-bond donors (Lipinski definition) is 1. The van der Waals surface area contributed by atoms with E-state index in [0.29, 0.717) is 0 Å². The number of benzene rings is 1. The molecule has 1 aromatic rings. The Balaban J connectivity index is 2.57. The van der Waals surface area contributed by atoms with Crippen molar-refractivity contribution in [3.05, 3.63) is 28.8 Å². The highest BCUT2D eigenvalue weighted by Crippen LogP contribution is 2.24. The standard InChI is InChI=1S/C17H26N2O3/c1-11(2)18-15(20)9-19(6)16(21)10-22-17-13(4)7-12(3)8-14(17)5/h7-8,11H,9-10H2,1-6H3,(H,18,20). The van der Waals surface area contributed by atoms with Crippen molar-refractivity contribution < 1.29 is 14.3 Å². The van der Waals surface area contributed by atoms with Crippen LogP contribution in [0, 0.1) is 20.8 Å². The number of rotatable bonds is 6. The maximum atomic E-state index is 12.0. The van der Waals surface area contributed by atoms with E-state index in [9.17, 15) is 9.59 Å². The zero-order chi connectivity index (χ0) is 16.9. The number of aryl methyl sites for hydroxylation is 3. The molecule has 5 heteroatoms. The third-order valence-corrected chi connectivity index (χ3v) is 3.20. The summed E-state index contributed by atoms with van der Waals surface area (Å²) >= 11 is 0. The van der Waals surface area contributed by atoms with Gasteiger partial charge in [0.1, 0.15) is 5.75 Å². The van der Waals surface area contributed by atoms with E-state index >= 15 is 0 Å². The van der Waals surface area contributed by atoms with Crippen LogP contribution in [0.5, 0.6) is 5.75 Å². The van der Waals surface area contributed by atoms with E-state index in [-0.39, 0.29) is 31.0 Å². The van der Waals surface area contributed by atoms with Crippen molar-refractivity contribution in [2.75, 3.05) is 20.2 Å². The van der Waals surface area contributed by atoms with Crippen LogP contribution in [-0.2, 0) is 9.59 Å².